The van der Waals surface area contributed by atoms with E-state index >= 15 is 0 Å². The number of carbonyl (C=O) groups excluding carboxylic acids is 4. The molecule has 3 amide bonds. The number of anilines is 2. The molecule has 0 unspecified atom stereocenters. The van der Waals surface area contributed by atoms with E-state index in [0.717, 1.165) is 16.2 Å². The van der Waals surface area contributed by atoms with Crippen LogP contribution in [0.1, 0.15) is 36.0 Å². The minimum Gasteiger partial charge on any atom is -0.451 e. The van der Waals surface area contributed by atoms with Gasteiger partial charge in [0.05, 0.1) is 22.3 Å². The Balaban J connectivity index is 1.88. The molecule has 10 heteroatoms. The van der Waals surface area contributed by atoms with E-state index in [1.165, 1.54) is 7.05 Å². The third-order valence-electron chi connectivity index (χ3n) is 4.30. The van der Waals surface area contributed by atoms with Crippen LogP contribution < -0.4 is 10.6 Å². The molecule has 0 saturated heterocycles. The predicted octanol–water partition coefficient (Wildman–Crippen LogP) is 3.95. The van der Waals surface area contributed by atoms with Crippen LogP contribution in [0.5, 0.6) is 0 Å². The summed E-state index contributed by atoms with van der Waals surface area (Å²) in [6, 6.07) is 8.42. The Morgan fingerprint density at radius 2 is 1.78 bits per heavy atom. The number of rotatable bonds is 7. The normalized spacial score (nSPS) is 10.9. The fourth-order valence-electron chi connectivity index (χ4n) is 2.40. The lowest BCUT2D eigenvalue weighted by Crippen LogP contribution is -2.37. The topological polar surface area (TPSA) is 105 Å². The highest BCUT2D eigenvalue weighted by Crippen LogP contribution is 2.29. The third kappa shape index (κ3) is 7.06. The number of nitrogens with zero attached hydrogens (tertiary/aromatic N) is 1. The minimum atomic E-state index is -0.675. The van der Waals surface area contributed by atoms with E-state index in [9.17, 15) is 19.2 Å². The molecule has 1 heterocycles. The second-order valence-corrected chi connectivity index (χ2v) is 9.64. The van der Waals surface area contributed by atoms with Crippen LogP contribution in [-0.4, -0.2) is 48.8 Å². The van der Waals surface area contributed by atoms with Gasteiger partial charge < -0.3 is 20.3 Å². The van der Waals surface area contributed by atoms with Gasteiger partial charge in [-0.15, -0.1) is 11.3 Å². The van der Waals surface area contributed by atoms with E-state index in [-0.39, 0.29) is 12.5 Å². The van der Waals surface area contributed by atoms with Gasteiger partial charge in [-0.3, -0.25) is 14.4 Å². The highest BCUT2D eigenvalue weighted by Gasteiger charge is 2.24. The number of benzene rings is 1. The second-order valence-electron chi connectivity index (χ2n) is 8.18. The van der Waals surface area contributed by atoms with Crippen LogP contribution in [0.15, 0.2) is 30.3 Å². The molecule has 0 aliphatic rings. The molecule has 0 radical (unpaired) electrons. The monoisotopic (exact) mass is 479 g/mol. The Hall–Kier alpha value is -2.91. The first kappa shape index (κ1) is 25.4. The fraction of sp³-hybridized carbons (Fsp3) is 0.364. The number of thiophene rings is 1. The van der Waals surface area contributed by atoms with Crippen LogP contribution in [0.25, 0.3) is 0 Å². The molecule has 1 aromatic carbocycles. The number of aryl methyl sites for hydroxylation is 1. The lowest BCUT2D eigenvalue weighted by molar-refractivity contribution is -0.136. The molecule has 0 aliphatic carbocycles. The van der Waals surface area contributed by atoms with E-state index in [1.807, 2.05) is 0 Å². The van der Waals surface area contributed by atoms with Gasteiger partial charge in [-0.25, -0.2) is 4.79 Å². The van der Waals surface area contributed by atoms with Crippen LogP contribution in [0.2, 0.25) is 5.02 Å². The average molecular weight is 480 g/mol. The predicted molar refractivity (Wildman–Crippen MR) is 125 cm³/mol. The first-order valence-electron chi connectivity index (χ1n) is 9.76. The van der Waals surface area contributed by atoms with Gasteiger partial charge in [0, 0.05) is 12.5 Å². The van der Waals surface area contributed by atoms with Crippen LogP contribution in [0.3, 0.4) is 0 Å². The van der Waals surface area contributed by atoms with E-state index in [0.29, 0.717) is 26.2 Å². The average Bonchev–Trinajstić information content (AvgIpc) is 3.06. The molecule has 0 atom stereocenters. The molecule has 32 heavy (non-hydrogen) atoms. The molecule has 0 fully saturated rings. The molecule has 2 aromatic rings. The summed E-state index contributed by atoms with van der Waals surface area (Å²) in [6.07, 6.45) is 0. The van der Waals surface area contributed by atoms with Gasteiger partial charge in [0.15, 0.2) is 6.61 Å². The lowest BCUT2D eigenvalue weighted by Gasteiger charge is -2.17. The van der Waals surface area contributed by atoms with E-state index < -0.39 is 29.8 Å². The molecule has 8 nitrogen and oxygen atoms in total. The quantitative estimate of drug-likeness (QED) is 0.585. The van der Waals surface area contributed by atoms with E-state index in [1.54, 1.807) is 58.0 Å². The zero-order valence-corrected chi connectivity index (χ0v) is 20.1. The Labute approximate surface area is 195 Å². The van der Waals surface area contributed by atoms with Crippen molar-refractivity contribution in [2.75, 3.05) is 30.8 Å². The molecule has 1 aromatic heterocycles. The van der Waals surface area contributed by atoms with Crippen molar-refractivity contribution in [3.8, 4) is 0 Å². The lowest BCUT2D eigenvalue weighted by atomic mass is 9.96. The van der Waals surface area contributed by atoms with Gasteiger partial charge in [-0.2, -0.15) is 0 Å². The van der Waals surface area contributed by atoms with Crippen molar-refractivity contribution >= 4 is 57.3 Å². The standard InChI is InChI=1S/C22H26ClN3O5S/c1-13-10-17(25-21(30)22(2,3)4)32-19(13)20(29)31-12-18(28)26(5)11-16(27)24-15-9-7-6-8-14(15)23/h6-10H,11-12H2,1-5H3,(H,24,27)(H,25,30). The summed E-state index contributed by atoms with van der Waals surface area (Å²) in [7, 11) is 1.43. The molecular weight excluding hydrogens is 454 g/mol. The first-order chi connectivity index (χ1) is 14.9. The number of para-hydroxylation sites is 1. The number of ether oxygens (including phenoxy) is 1. The Bertz CT molecular complexity index is 1030. The molecule has 2 N–H and O–H groups in total. The number of amides is 3. The molecule has 2 rings (SSSR count). The summed E-state index contributed by atoms with van der Waals surface area (Å²) in [6.45, 7) is 6.32. The van der Waals surface area contributed by atoms with Crippen molar-refractivity contribution in [3.05, 3.63) is 45.8 Å². The molecule has 172 valence electrons. The minimum absolute atomic E-state index is 0.175. The van der Waals surface area contributed by atoms with Gasteiger partial charge >= 0.3 is 5.97 Å². The van der Waals surface area contributed by atoms with Crippen molar-refractivity contribution in [2.45, 2.75) is 27.7 Å². The number of likely N-dealkylation sites (N-methyl/N-ethyl adjacent to an activating group) is 1. The highest BCUT2D eigenvalue weighted by molar-refractivity contribution is 7.18. The Kier molecular flexibility index (Phi) is 8.40. The smallest absolute Gasteiger partial charge is 0.349 e. The highest BCUT2D eigenvalue weighted by atomic mass is 35.5. The van der Waals surface area contributed by atoms with Gasteiger partial charge in [0.2, 0.25) is 11.8 Å². The summed E-state index contributed by atoms with van der Waals surface area (Å²) in [5.41, 5.74) is 0.492. The van der Waals surface area contributed by atoms with Crippen molar-refractivity contribution < 1.29 is 23.9 Å². The van der Waals surface area contributed by atoms with Crippen molar-refractivity contribution in [3.63, 3.8) is 0 Å². The molecule has 0 bridgehead atoms. The molecule has 0 saturated carbocycles. The number of halogens is 1. The third-order valence-corrected chi connectivity index (χ3v) is 5.76. The summed E-state index contributed by atoms with van der Waals surface area (Å²) in [4.78, 5) is 50.4. The number of nitrogens with one attached hydrogen (secondary N) is 2. The SMILES string of the molecule is Cc1cc(NC(=O)C(C)(C)C)sc1C(=O)OCC(=O)N(C)CC(=O)Nc1ccccc1Cl. The Morgan fingerprint density at radius 3 is 2.41 bits per heavy atom. The maximum Gasteiger partial charge on any atom is 0.349 e. The summed E-state index contributed by atoms with van der Waals surface area (Å²) in [5.74, 6) is -1.83. The van der Waals surface area contributed by atoms with Gasteiger partial charge in [0.25, 0.3) is 5.91 Å². The van der Waals surface area contributed by atoms with Crippen LogP contribution in [0.4, 0.5) is 10.7 Å². The largest absolute Gasteiger partial charge is 0.451 e. The summed E-state index contributed by atoms with van der Waals surface area (Å²) in [5, 5.41) is 6.29. The zero-order chi connectivity index (χ0) is 24.1. The van der Waals surface area contributed by atoms with Gasteiger partial charge in [0.1, 0.15) is 4.88 Å². The number of hydrogen-bond acceptors (Lipinski definition) is 6. The van der Waals surface area contributed by atoms with Crippen molar-refractivity contribution in [1.29, 1.82) is 0 Å². The molecule has 0 spiro atoms. The van der Waals surface area contributed by atoms with Crippen LogP contribution >= 0.6 is 22.9 Å². The van der Waals surface area contributed by atoms with Crippen molar-refractivity contribution in [2.24, 2.45) is 5.41 Å². The van der Waals surface area contributed by atoms with E-state index in [4.69, 9.17) is 16.3 Å². The first-order valence-corrected chi connectivity index (χ1v) is 10.9. The molecular formula is C22H26ClN3O5S. The van der Waals surface area contributed by atoms with Gasteiger partial charge in [-0.1, -0.05) is 44.5 Å². The molecule has 0 aliphatic heterocycles. The Morgan fingerprint density at radius 1 is 1.12 bits per heavy atom. The van der Waals surface area contributed by atoms with Crippen molar-refractivity contribution in [1.82, 2.24) is 4.90 Å². The number of carbonyl (C=O) groups is 4. The van der Waals surface area contributed by atoms with E-state index in [2.05, 4.69) is 10.6 Å². The second kappa shape index (κ2) is 10.6. The number of hydrogen-bond donors (Lipinski definition) is 2. The number of esters is 1. The van der Waals surface area contributed by atoms with Gasteiger partial charge in [-0.05, 0) is 30.7 Å². The van der Waals surface area contributed by atoms with Crippen LogP contribution in [-0.2, 0) is 19.1 Å². The maximum absolute atomic E-state index is 12.4. The maximum atomic E-state index is 12.4. The fourth-order valence-corrected chi connectivity index (χ4v) is 3.55. The summed E-state index contributed by atoms with van der Waals surface area (Å²) < 4.78 is 5.11. The van der Waals surface area contributed by atoms with Crippen LogP contribution in [0, 0.1) is 12.3 Å². The zero-order valence-electron chi connectivity index (χ0n) is 18.6. The summed E-state index contributed by atoms with van der Waals surface area (Å²) >= 11 is 7.08.